The molecule has 0 unspecified atom stereocenters. The smallest absolute Gasteiger partial charge is 0.328 e. The molecule has 3 aromatic rings. The van der Waals surface area contributed by atoms with Crippen LogP contribution in [-0.4, -0.2) is 40.7 Å². The standard InChI is InChI=1S/C25H27FN4O3S/c1-15(2)11-21(27)25(32)33-22-18(14-31)12-17(13-20(22)26)24-28-23(29-34-24)16-5-7-19(8-6-16)30-9-3-4-10-30/h5-8,12-15,21H,3-4,9-11,27H2,1-2H3/t21-/m0/s1. The van der Waals surface area contributed by atoms with E-state index in [9.17, 15) is 14.0 Å². The summed E-state index contributed by atoms with van der Waals surface area (Å²) in [6, 6.07) is 9.77. The van der Waals surface area contributed by atoms with Crippen LogP contribution in [-0.2, 0) is 4.79 Å². The summed E-state index contributed by atoms with van der Waals surface area (Å²) < 4.78 is 24.4. The van der Waals surface area contributed by atoms with E-state index >= 15 is 0 Å². The number of nitrogens with two attached hydrogens (primary N) is 1. The summed E-state index contributed by atoms with van der Waals surface area (Å²) in [7, 11) is 0. The molecule has 2 N–H and O–H groups in total. The summed E-state index contributed by atoms with van der Waals surface area (Å²) in [5.74, 6) is -1.35. The van der Waals surface area contributed by atoms with Gasteiger partial charge in [0.2, 0.25) is 0 Å². The Bertz CT molecular complexity index is 1170. The zero-order chi connectivity index (χ0) is 24.2. The molecular formula is C25H27FN4O3S. The van der Waals surface area contributed by atoms with Crippen molar-refractivity contribution < 1.29 is 18.7 Å². The number of anilines is 1. The number of aromatic nitrogens is 2. The Hall–Kier alpha value is -3.17. The zero-order valence-corrected chi connectivity index (χ0v) is 20.0. The normalized spacial score (nSPS) is 14.4. The molecule has 0 amide bonds. The molecule has 0 bridgehead atoms. The van der Waals surface area contributed by atoms with E-state index in [1.165, 1.54) is 30.7 Å². The predicted octanol–water partition coefficient (Wildman–Crippen LogP) is 4.70. The van der Waals surface area contributed by atoms with Gasteiger partial charge in [0.1, 0.15) is 11.0 Å². The van der Waals surface area contributed by atoms with Crippen LogP contribution in [0.3, 0.4) is 0 Å². The van der Waals surface area contributed by atoms with Crippen LogP contribution < -0.4 is 15.4 Å². The lowest BCUT2D eigenvalue weighted by molar-refractivity contribution is -0.136. The molecule has 7 nitrogen and oxygen atoms in total. The van der Waals surface area contributed by atoms with E-state index < -0.39 is 23.6 Å². The van der Waals surface area contributed by atoms with Crippen molar-refractivity contribution in [2.75, 3.05) is 18.0 Å². The Morgan fingerprint density at radius 2 is 1.91 bits per heavy atom. The first-order valence-electron chi connectivity index (χ1n) is 11.3. The maximum absolute atomic E-state index is 14.9. The first-order chi connectivity index (χ1) is 16.4. The van der Waals surface area contributed by atoms with Crippen LogP contribution in [0, 0.1) is 11.7 Å². The van der Waals surface area contributed by atoms with Gasteiger partial charge in [0.25, 0.3) is 0 Å². The van der Waals surface area contributed by atoms with Gasteiger partial charge in [-0.25, -0.2) is 14.2 Å². The van der Waals surface area contributed by atoms with Crippen molar-refractivity contribution >= 4 is 29.5 Å². The Morgan fingerprint density at radius 3 is 2.56 bits per heavy atom. The van der Waals surface area contributed by atoms with Crippen molar-refractivity contribution in [1.29, 1.82) is 0 Å². The van der Waals surface area contributed by atoms with Crippen molar-refractivity contribution in [1.82, 2.24) is 9.36 Å². The number of nitrogens with zero attached hydrogens (tertiary/aromatic N) is 3. The van der Waals surface area contributed by atoms with Crippen LogP contribution in [0.15, 0.2) is 36.4 Å². The van der Waals surface area contributed by atoms with Gasteiger partial charge < -0.3 is 15.4 Å². The van der Waals surface area contributed by atoms with E-state index in [1.54, 1.807) is 0 Å². The number of hydrogen-bond acceptors (Lipinski definition) is 8. The van der Waals surface area contributed by atoms with E-state index in [1.807, 2.05) is 26.0 Å². The molecule has 0 spiro atoms. The fraction of sp³-hybridized carbons (Fsp3) is 0.360. The van der Waals surface area contributed by atoms with Crippen molar-refractivity contribution in [2.45, 2.75) is 39.2 Å². The minimum absolute atomic E-state index is 0.0909. The van der Waals surface area contributed by atoms with Gasteiger partial charge in [0.15, 0.2) is 23.7 Å². The molecule has 1 aliphatic heterocycles. The van der Waals surface area contributed by atoms with E-state index in [0.717, 1.165) is 30.2 Å². The highest BCUT2D eigenvalue weighted by Crippen LogP contribution is 2.32. The lowest BCUT2D eigenvalue weighted by Crippen LogP contribution is -2.35. The molecular weight excluding hydrogens is 455 g/mol. The molecule has 0 saturated carbocycles. The van der Waals surface area contributed by atoms with E-state index in [2.05, 4.69) is 26.4 Å². The van der Waals surface area contributed by atoms with Gasteiger partial charge in [-0.3, -0.25) is 4.79 Å². The highest BCUT2D eigenvalue weighted by Gasteiger charge is 2.23. The van der Waals surface area contributed by atoms with Crippen molar-refractivity contribution in [3.63, 3.8) is 0 Å². The van der Waals surface area contributed by atoms with Crippen LogP contribution in [0.2, 0.25) is 0 Å². The van der Waals surface area contributed by atoms with Gasteiger partial charge in [-0.1, -0.05) is 13.8 Å². The molecule has 1 saturated heterocycles. The summed E-state index contributed by atoms with van der Waals surface area (Å²) in [5.41, 5.74) is 8.14. The molecule has 0 radical (unpaired) electrons. The third-order valence-electron chi connectivity index (χ3n) is 5.70. The fourth-order valence-electron chi connectivity index (χ4n) is 3.97. The van der Waals surface area contributed by atoms with Gasteiger partial charge in [-0.15, -0.1) is 0 Å². The second kappa shape index (κ2) is 10.4. The Kier molecular flexibility index (Phi) is 7.33. The van der Waals surface area contributed by atoms with E-state index in [-0.39, 0.29) is 11.5 Å². The van der Waals surface area contributed by atoms with E-state index in [0.29, 0.717) is 29.1 Å². The van der Waals surface area contributed by atoms with Crippen molar-refractivity contribution in [3.8, 4) is 27.7 Å². The molecule has 1 fully saturated rings. The Labute approximate surface area is 201 Å². The minimum atomic E-state index is -0.902. The topological polar surface area (TPSA) is 98.4 Å². The number of rotatable bonds is 8. The lowest BCUT2D eigenvalue weighted by atomic mass is 10.0. The summed E-state index contributed by atoms with van der Waals surface area (Å²) in [6.07, 6.45) is 3.26. The monoisotopic (exact) mass is 482 g/mol. The number of aldehydes is 1. The number of carbonyl (C=O) groups excluding carboxylic acids is 2. The molecule has 2 aromatic carbocycles. The number of carbonyl (C=O) groups is 2. The molecule has 2 heterocycles. The number of esters is 1. The maximum atomic E-state index is 14.9. The van der Waals surface area contributed by atoms with Crippen molar-refractivity contribution in [3.05, 3.63) is 47.8 Å². The summed E-state index contributed by atoms with van der Waals surface area (Å²) in [4.78, 5) is 30.7. The first-order valence-corrected chi connectivity index (χ1v) is 12.1. The molecule has 178 valence electrons. The average Bonchev–Trinajstić information content (AvgIpc) is 3.52. The SMILES string of the molecule is CC(C)C[C@H](N)C(=O)Oc1c(F)cc(-c2nc(-c3ccc(N4CCCC4)cc3)ns2)cc1C=O. The molecule has 9 heteroatoms. The number of hydrogen-bond donors (Lipinski definition) is 1. The fourth-order valence-corrected chi connectivity index (χ4v) is 4.64. The quantitative estimate of drug-likeness (QED) is 0.282. The maximum Gasteiger partial charge on any atom is 0.328 e. The molecule has 1 aliphatic rings. The predicted molar refractivity (Wildman–Crippen MR) is 131 cm³/mol. The van der Waals surface area contributed by atoms with Crippen LogP contribution in [0.5, 0.6) is 5.75 Å². The van der Waals surface area contributed by atoms with Crippen molar-refractivity contribution in [2.24, 2.45) is 11.7 Å². The van der Waals surface area contributed by atoms with Gasteiger partial charge in [0.05, 0.1) is 5.56 Å². The largest absolute Gasteiger partial charge is 0.421 e. The highest BCUT2D eigenvalue weighted by atomic mass is 32.1. The third kappa shape index (κ3) is 5.31. The molecule has 1 atom stereocenters. The van der Waals surface area contributed by atoms with Gasteiger partial charge in [-0.2, -0.15) is 4.37 Å². The number of benzene rings is 2. The second-order valence-electron chi connectivity index (χ2n) is 8.82. The Morgan fingerprint density at radius 1 is 1.21 bits per heavy atom. The van der Waals surface area contributed by atoms with Gasteiger partial charge >= 0.3 is 5.97 Å². The second-order valence-corrected chi connectivity index (χ2v) is 9.57. The molecule has 34 heavy (non-hydrogen) atoms. The number of ether oxygens (including phenoxy) is 1. The molecule has 1 aromatic heterocycles. The number of halogens is 1. The first kappa shape index (κ1) is 24.0. The summed E-state index contributed by atoms with van der Waals surface area (Å²) >= 11 is 1.10. The summed E-state index contributed by atoms with van der Waals surface area (Å²) in [6.45, 7) is 5.96. The third-order valence-corrected chi connectivity index (χ3v) is 6.46. The van der Waals surface area contributed by atoms with Gasteiger partial charge in [0, 0.05) is 29.9 Å². The summed E-state index contributed by atoms with van der Waals surface area (Å²) in [5, 5.41) is 0.454. The molecule has 4 rings (SSSR count). The highest BCUT2D eigenvalue weighted by molar-refractivity contribution is 7.09. The minimum Gasteiger partial charge on any atom is -0.421 e. The van der Waals surface area contributed by atoms with Crippen LogP contribution in [0.4, 0.5) is 10.1 Å². The molecule has 0 aliphatic carbocycles. The van der Waals surface area contributed by atoms with Crippen LogP contribution >= 0.6 is 11.5 Å². The Balaban J connectivity index is 1.54. The van der Waals surface area contributed by atoms with Gasteiger partial charge in [-0.05, 0) is 73.1 Å². The van der Waals surface area contributed by atoms with E-state index in [4.69, 9.17) is 10.5 Å². The lowest BCUT2D eigenvalue weighted by Gasteiger charge is -2.17. The zero-order valence-electron chi connectivity index (χ0n) is 19.2. The van der Waals surface area contributed by atoms with Crippen LogP contribution in [0.1, 0.15) is 43.5 Å². The average molecular weight is 483 g/mol. The van der Waals surface area contributed by atoms with Crippen LogP contribution in [0.25, 0.3) is 22.0 Å².